The molecule has 8 nitrogen and oxygen atoms in total. The van der Waals surface area contributed by atoms with E-state index in [9.17, 15) is 8.78 Å². The van der Waals surface area contributed by atoms with Crippen molar-refractivity contribution in [2.75, 3.05) is 36.5 Å². The Morgan fingerprint density at radius 1 is 1.10 bits per heavy atom. The summed E-state index contributed by atoms with van der Waals surface area (Å²) in [5, 5.41) is 2.16. The second-order valence-electron chi connectivity index (χ2n) is 11.7. The molecule has 0 aliphatic carbocycles. The Kier molecular flexibility index (Phi) is 7.14. The summed E-state index contributed by atoms with van der Waals surface area (Å²) in [5.41, 5.74) is 3.13. The van der Waals surface area contributed by atoms with Crippen molar-refractivity contribution in [2.24, 2.45) is 0 Å². The SMILES string of the molecule is C[C@@H]1Cn2cnc(F)c2CN1c1nc(OC[C@@H]2CCCCN2C)nc2c1CCN(c1cc(F)cc3cccc(Cl)c13)C2. The van der Waals surface area contributed by atoms with Gasteiger partial charge in [-0.15, -0.1) is 0 Å². The first kappa shape index (κ1) is 27.3. The summed E-state index contributed by atoms with van der Waals surface area (Å²) < 4.78 is 37.5. The molecule has 2 aromatic carbocycles. The fraction of sp³-hybridized carbons (Fsp3) is 0.452. The lowest BCUT2D eigenvalue weighted by Crippen LogP contribution is -2.43. The number of likely N-dealkylation sites (N-methyl/N-ethyl adjacent to an activating group) is 1. The normalized spacial score (nSPS) is 21.0. The Morgan fingerprint density at radius 3 is 2.83 bits per heavy atom. The zero-order valence-electron chi connectivity index (χ0n) is 23.9. The van der Waals surface area contributed by atoms with Gasteiger partial charge in [0.25, 0.3) is 0 Å². The number of aromatic nitrogens is 4. The second kappa shape index (κ2) is 11.0. The van der Waals surface area contributed by atoms with Crippen LogP contribution in [-0.2, 0) is 26.1 Å². The fourth-order valence-electron chi connectivity index (χ4n) is 6.68. The number of hydrogen-bond donors (Lipinski definition) is 0. The molecule has 3 aliphatic rings. The molecular formula is C31H34ClF2N7O. The van der Waals surface area contributed by atoms with E-state index in [0.29, 0.717) is 62.0 Å². The molecule has 0 saturated carbocycles. The lowest BCUT2D eigenvalue weighted by molar-refractivity contribution is 0.119. The van der Waals surface area contributed by atoms with Gasteiger partial charge in [-0.1, -0.05) is 30.2 Å². The molecule has 11 heteroatoms. The number of anilines is 2. The van der Waals surface area contributed by atoms with Crippen molar-refractivity contribution in [3.63, 3.8) is 0 Å². The highest BCUT2D eigenvalue weighted by molar-refractivity contribution is 6.36. The molecule has 1 fully saturated rings. The van der Waals surface area contributed by atoms with E-state index < -0.39 is 5.95 Å². The zero-order valence-corrected chi connectivity index (χ0v) is 24.6. The van der Waals surface area contributed by atoms with Crippen molar-refractivity contribution in [1.29, 1.82) is 0 Å². The van der Waals surface area contributed by atoms with Crippen molar-refractivity contribution in [2.45, 2.75) is 64.3 Å². The second-order valence-corrected chi connectivity index (χ2v) is 12.1. The van der Waals surface area contributed by atoms with E-state index in [4.69, 9.17) is 26.3 Å². The number of rotatable bonds is 5. The number of likely N-dealkylation sites (tertiary alicyclic amines) is 1. The summed E-state index contributed by atoms with van der Waals surface area (Å²) in [6, 6.07) is 9.29. The Balaban J connectivity index is 1.27. The quantitative estimate of drug-likeness (QED) is 0.299. The minimum Gasteiger partial charge on any atom is -0.462 e. The third kappa shape index (κ3) is 4.94. The first-order chi connectivity index (χ1) is 20.4. The lowest BCUT2D eigenvalue weighted by Gasteiger charge is -2.39. The van der Waals surface area contributed by atoms with Gasteiger partial charge in [0.2, 0.25) is 5.95 Å². The molecule has 1 saturated heterocycles. The van der Waals surface area contributed by atoms with Crippen LogP contribution < -0.4 is 14.5 Å². The minimum atomic E-state index is -0.451. The average Bonchev–Trinajstić information content (AvgIpc) is 3.34. The van der Waals surface area contributed by atoms with Crippen molar-refractivity contribution in [3.05, 3.63) is 70.4 Å². The van der Waals surface area contributed by atoms with E-state index in [2.05, 4.69) is 33.7 Å². The molecule has 7 rings (SSSR count). The Bertz CT molecular complexity index is 1650. The maximum Gasteiger partial charge on any atom is 0.318 e. The first-order valence-corrected chi connectivity index (χ1v) is 15.0. The van der Waals surface area contributed by atoms with Crippen LogP contribution in [0.2, 0.25) is 5.02 Å². The highest BCUT2D eigenvalue weighted by Crippen LogP contribution is 2.38. The Labute approximate surface area is 248 Å². The molecule has 0 N–H and O–H groups in total. The summed E-state index contributed by atoms with van der Waals surface area (Å²) in [7, 11) is 2.13. The number of benzene rings is 2. The predicted molar refractivity (Wildman–Crippen MR) is 159 cm³/mol. The standard InChI is InChI=1S/C31H34ClF2N7O/c1-19-14-40-18-35-29(34)27(40)16-41(19)30-23-9-11-39(26-13-21(33)12-20-6-5-8-24(32)28(20)26)15-25(23)36-31(37-30)42-17-22-7-3-4-10-38(22)2/h5-6,8,12-13,18-19,22H,3-4,7,9-11,14-17H2,1-2H3/t19-,22+/m1/s1. The van der Waals surface area contributed by atoms with Crippen molar-refractivity contribution in [3.8, 4) is 6.01 Å². The molecular weight excluding hydrogens is 560 g/mol. The molecule has 2 aromatic heterocycles. The van der Waals surface area contributed by atoms with Gasteiger partial charge in [0.15, 0.2) is 0 Å². The monoisotopic (exact) mass is 593 g/mol. The van der Waals surface area contributed by atoms with Crippen LogP contribution in [0.25, 0.3) is 10.8 Å². The Hall–Kier alpha value is -3.50. The molecule has 4 aromatic rings. The molecule has 0 radical (unpaired) electrons. The third-order valence-electron chi connectivity index (χ3n) is 9.04. The number of piperidine rings is 1. The molecule has 5 heterocycles. The topological polar surface area (TPSA) is 62.6 Å². The molecule has 0 spiro atoms. The van der Waals surface area contributed by atoms with E-state index >= 15 is 0 Å². The fourth-order valence-corrected chi connectivity index (χ4v) is 6.95. The lowest BCUT2D eigenvalue weighted by atomic mass is 10.0. The third-order valence-corrected chi connectivity index (χ3v) is 9.36. The molecule has 3 aliphatic heterocycles. The molecule has 0 unspecified atom stereocenters. The van der Waals surface area contributed by atoms with E-state index in [-0.39, 0.29) is 11.9 Å². The van der Waals surface area contributed by atoms with Crippen LogP contribution in [0.1, 0.15) is 43.1 Å². The van der Waals surface area contributed by atoms with Gasteiger partial charge < -0.3 is 24.0 Å². The van der Waals surface area contributed by atoms with Crippen LogP contribution in [0.15, 0.2) is 36.7 Å². The van der Waals surface area contributed by atoms with Crippen LogP contribution in [0.3, 0.4) is 0 Å². The van der Waals surface area contributed by atoms with Gasteiger partial charge in [-0.05, 0) is 63.4 Å². The summed E-state index contributed by atoms with van der Waals surface area (Å²) in [6.45, 7) is 5.71. The number of imidazole rings is 1. The maximum atomic E-state index is 14.8. The van der Waals surface area contributed by atoms with Gasteiger partial charge in [0.1, 0.15) is 18.2 Å². The highest BCUT2D eigenvalue weighted by atomic mass is 35.5. The summed E-state index contributed by atoms with van der Waals surface area (Å²) in [6.07, 6.45) is 5.65. The van der Waals surface area contributed by atoms with E-state index in [0.717, 1.165) is 46.5 Å². The summed E-state index contributed by atoms with van der Waals surface area (Å²) in [5.74, 6) is 0.0103. The number of hydrogen-bond acceptors (Lipinski definition) is 7. The largest absolute Gasteiger partial charge is 0.462 e. The summed E-state index contributed by atoms with van der Waals surface area (Å²) in [4.78, 5) is 20.4. The van der Waals surface area contributed by atoms with E-state index in [1.165, 1.54) is 18.9 Å². The van der Waals surface area contributed by atoms with E-state index in [1.807, 2.05) is 22.8 Å². The molecule has 42 heavy (non-hydrogen) atoms. The van der Waals surface area contributed by atoms with Crippen molar-refractivity contribution in [1.82, 2.24) is 24.4 Å². The van der Waals surface area contributed by atoms with Crippen LogP contribution >= 0.6 is 11.6 Å². The van der Waals surface area contributed by atoms with Crippen molar-refractivity contribution >= 4 is 33.9 Å². The van der Waals surface area contributed by atoms with Gasteiger partial charge >= 0.3 is 6.01 Å². The predicted octanol–water partition coefficient (Wildman–Crippen LogP) is 5.59. The molecule has 220 valence electrons. The Morgan fingerprint density at radius 2 is 1.98 bits per heavy atom. The van der Waals surface area contributed by atoms with Gasteiger partial charge in [-0.3, -0.25) is 0 Å². The van der Waals surface area contributed by atoms with Gasteiger partial charge in [0.05, 0.1) is 35.8 Å². The number of nitrogens with zero attached hydrogens (tertiary/aromatic N) is 7. The average molecular weight is 594 g/mol. The maximum absolute atomic E-state index is 14.8. The smallest absolute Gasteiger partial charge is 0.318 e. The van der Waals surface area contributed by atoms with E-state index in [1.54, 1.807) is 12.4 Å². The number of fused-ring (bicyclic) bond motifs is 3. The van der Waals surface area contributed by atoms with Crippen molar-refractivity contribution < 1.29 is 13.5 Å². The number of ether oxygens (including phenoxy) is 1. The van der Waals surface area contributed by atoms with Gasteiger partial charge in [0, 0.05) is 41.8 Å². The van der Waals surface area contributed by atoms with Crippen LogP contribution in [0, 0.1) is 11.8 Å². The molecule has 0 amide bonds. The zero-order chi connectivity index (χ0) is 29.0. The molecule has 2 atom stereocenters. The highest BCUT2D eigenvalue weighted by Gasteiger charge is 2.33. The minimum absolute atomic E-state index is 0.0615. The van der Waals surface area contributed by atoms with Crippen LogP contribution in [0.5, 0.6) is 6.01 Å². The molecule has 0 bridgehead atoms. The van der Waals surface area contributed by atoms with Gasteiger partial charge in [-0.2, -0.15) is 14.4 Å². The van der Waals surface area contributed by atoms with Crippen LogP contribution in [0.4, 0.5) is 20.3 Å². The summed E-state index contributed by atoms with van der Waals surface area (Å²) >= 11 is 6.63. The first-order valence-electron chi connectivity index (χ1n) is 14.7. The van der Waals surface area contributed by atoms with Gasteiger partial charge in [-0.25, -0.2) is 9.37 Å². The number of halogens is 3. The van der Waals surface area contributed by atoms with Crippen LogP contribution in [-0.4, -0.2) is 63.2 Å².